The second kappa shape index (κ2) is 9.74. The van der Waals surface area contributed by atoms with Crippen LogP contribution in [0.5, 0.6) is 11.5 Å². The van der Waals surface area contributed by atoms with Gasteiger partial charge in [0.15, 0.2) is 11.5 Å². The molecule has 4 rings (SSSR count). The van der Waals surface area contributed by atoms with Crippen molar-refractivity contribution in [1.82, 2.24) is 4.98 Å². The topological polar surface area (TPSA) is 60.5 Å². The van der Waals surface area contributed by atoms with E-state index < -0.39 is 23.4 Å². The maximum atomic E-state index is 13.8. The molecular weight excluding hydrogens is 453 g/mol. The number of carbonyl (C=O) groups is 1. The minimum absolute atomic E-state index is 0.0814. The fourth-order valence-corrected chi connectivity index (χ4v) is 3.77. The van der Waals surface area contributed by atoms with Crippen molar-refractivity contribution < 1.29 is 27.4 Å². The van der Waals surface area contributed by atoms with Gasteiger partial charge in [-0.25, -0.2) is 18.2 Å². The van der Waals surface area contributed by atoms with E-state index in [9.17, 15) is 18.0 Å². The number of carbonyl (C=O) groups excluding carboxylic acids is 1. The highest BCUT2D eigenvalue weighted by Gasteiger charge is 2.15. The first-order valence-corrected chi connectivity index (χ1v) is 10.6. The Kier molecular flexibility index (Phi) is 6.60. The van der Waals surface area contributed by atoms with Gasteiger partial charge in [0.05, 0.1) is 7.11 Å². The van der Waals surface area contributed by atoms with Gasteiger partial charge in [-0.1, -0.05) is 0 Å². The average Bonchev–Trinajstić information content (AvgIpc) is 3.31. The predicted octanol–water partition coefficient (Wildman–Crippen LogP) is 6.07. The molecule has 1 heterocycles. The van der Waals surface area contributed by atoms with Crippen molar-refractivity contribution in [3.05, 3.63) is 94.8 Å². The van der Waals surface area contributed by atoms with Gasteiger partial charge >= 0.3 is 0 Å². The summed E-state index contributed by atoms with van der Waals surface area (Å²) in [6, 6.07) is 13.6. The highest BCUT2D eigenvalue weighted by Crippen LogP contribution is 2.34. The van der Waals surface area contributed by atoms with E-state index in [1.807, 2.05) is 0 Å². The molecule has 4 aromatic rings. The number of benzene rings is 3. The SMILES string of the molecule is COc1cc(-c2nc(C(=O)Nc3ccc(F)cc3)cs2)ccc1OCc1cc(F)ccc1F. The van der Waals surface area contributed by atoms with Crippen molar-refractivity contribution >= 4 is 22.9 Å². The van der Waals surface area contributed by atoms with Crippen LogP contribution in [0, 0.1) is 17.5 Å². The first kappa shape index (κ1) is 22.3. The van der Waals surface area contributed by atoms with E-state index in [0.717, 1.165) is 18.2 Å². The second-order valence-electron chi connectivity index (χ2n) is 6.89. The smallest absolute Gasteiger partial charge is 0.275 e. The molecule has 1 aromatic heterocycles. The van der Waals surface area contributed by atoms with E-state index >= 15 is 0 Å². The summed E-state index contributed by atoms with van der Waals surface area (Å²) in [5.74, 6) is -1.23. The molecular formula is C24H17F3N2O3S. The number of halogens is 3. The number of anilines is 1. The second-order valence-corrected chi connectivity index (χ2v) is 7.75. The Morgan fingerprint density at radius 2 is 1.73 bits per heavy atom. The van der Waals surface area contributed by atoms with Gasteiger partial charge < -0.3 is 14.8 Å². The molecule has 0 unspecified atom stereocenters. The van der Waals surface area contributed by atoms with Crippen LogP contribution in [-0.4, -0.2) is 18.0 Å². The molecule has 5 nitrogen and oxygen atoms in total. The Balaban J connectivity index is 1.48. The summed E-state index contributed by atoms with van der Waals surface area (Å²) in [6.45, 7) is -0.176. The zero-order chi connectivity index (χ0) is 23.4. The Morgan fingerprint density at radius 3 is 2.48 bits per heavy atom. The van der Waals surface area contributed by atoms with Gasteiger partial charge in [-0.15, -0.1) is 11.3 Å². The van der Waals surface area contributed by atoms with Crippen LogP contribution >= 0.6 is 11.3 Å². The summed E-state index contributed by atoms with van der Waals surface area (Å²) in [6.07, 6.45) is 0. The van der Waals surface area contributed by atoms with Crippen molar-refractivity contribution in [1.29, 1.82) is 0 Å². The fourth-order valence-electron chi connectivity index (χ4n) is 2.97. The van der Waals surface area contributed by atoms with Crippen LogP contribution in [0.1, 0.15) is 16.1 Å². The molecule has 0 fully saturated rings. The molecule has 0 aliphatic carbocycles. The van der Waals surface area contributed by atoms with E-state index in [1.165, 1.54) is 42.7 Å². The maximum Gasteiger partial charge on any atom is 0.275 e. The molecule has 0 radical (unpaired) electrons. The average molecular weight is 470 g/mol. The standard InChI is InChI=1S/C24H17F3N2O3S/c1-31-22-11-14(2-9-21(22)32-12-15-10-17(26)5-8-19(15)27)24-29-20(13-33-24)23(30)28-18-6-3-16(25)4-7-18/h2-11,13H,12H2,1H3,(H,28,30). The number of amides is 1. The summed E-state index contributed by atoms with van der Waals surface area (Å²) in [7, 11) is 1.46. The Morgan fingerprint density at radius 1 is 0.970 bits per heavy atom. The first-order valence-electron chi connectivity index (χ1n) is 9.70. The van der Waals surface area contributed by atoms with Gasteiger partial charge in [-0.05, 0) is 60.7 Å². The van der Waals surface area contributed by atoms with E-state index in [2.05, 4.69) is 10.3 Å². The Bertz CT molecular complexity index is 1290. The fraction of sp³-hybridized carbons (Fsp3) is 0.0833. The minimum Gasteiger partial charge on any atom is -0.493 e. The van der Waals surface area contributed by atoms with Crippen LogP contribution in [0.4, 0.5) is 18.9 Å². The van der Waals surface area contributed by atoms with Crippen molar-refractivity contribution in [2.45, 2.75) is 6.61 Å². The molecule has 0 saturated heterocycles. The zero-order valence-electron chi connectivity index (χ0n) is 17.3. The van der Waals surface area contributed by atoms with Crippen LogP contribution in [0.2, 0.25) is 0 Å². The number of nitrogens with zero attached hydrogens (tertiary/aromatic N) is 1. The molecule has 0 saturated carbocycles. The third-order valence-electron chi connectivity index (χ3n) is 4.64. The number of methoxy groups -OCH3 is 1. The van der Waals surface area contributed by atoms with Gasteiger partial charge in [0, 0.05) is 22.2 Å². The van der Waals surface area contributed by atoms with Gasteiger partial charge in [-0.2, -0.15) is 0 Å². The van der Waals surface area contributed by atoms with Crippen LogP contribution in [0.3, 0.4) is 0 Å². The van der Waals surface area contributed by atoms with E-state index in [0.29, 0.717) is 27.8 Å². The number of thiazole rings is 1. The van der Waals surface area contributed by atoms with Crippen LogP contribution < -0.4 is 14.8 Å². The lowest BCUT2D eigenvalue weighted by atomic mass is 10.2. The quantitative estimate of drug-likeness (QED) is 0.356. The molecule has 168 valence electrons. The van der Waals surface area contributed by atoms with Crippen molar-refractivity contribution in [2.75, 3.05) is 12.4 Å². The van der Waals surface area contributed by atoms with E-state index in [4.69, 9.17) is 9.47 Å². The Hall–Kier alpha value is -3.85. The largest absolute Gasteiger partial charge is 0.493 e. The van der Waals surface area contributed by atoms with E-state index in [-0.39, 0.29) is 17.9 Å². The van der Waals surface area contributed by atoms with Crippen LogP contribution in [0.15, 0.2) is 66.0 Å². The van der Waals surface area contributed by atoms with Crippen molar-refractivity contribution in [2.24, 2.45) is 0 Å². The molecule has 3 aromatic carbocycles. The summed E-state index contributed by atoms with van der Waals surface area (Å²) in [4.78, 5) is 16.8. The van der Waals surface area contributed by atoms with Gasteiger partial charge in [0.25, 0.3) is 5.91 Å². The summed E-state index contributed by atoms with van der Waals surface area (Å²) in [5.41, 5.74) is 1.42. The third kappa shape index (κ3) is 5.32. The minimum atomic E-state index is -0.568. The first-order chi connectivity index (χ1) is 15.9. The molecule has 9 heteroatoms. The lowest BCUT2D eigenvalue weighted by Gasteiger charge is -2.12. The summed E-state index contributed by atoms with van der Waals surface area (Å²) < 4.78 is 51.2. The highest BCUT2D eigenvalue weighted by atomic mass is 32.1. The molecule has 0 bridgehead atoms. The normalized spacial score (nSPS) is 10.7. The highest BCUT2D eigenvalue weighted by molar-refractivity contribution is 7.13. The van der Waals surface area contributed by atoms with E-state index in [1.54, 1.807) is 23.6 Å². The van der Waals surface area contributed by atoms with Gasteiger partial charge in [-0.3, -0.25) is 4.79 Å². The summed E-state index contributed by atoms with van der Waals surface area (Å²) in [5, 5.41) is 4.84. The number of nitrogens with one attached hydrogen (secondary N) is 1. The van der Waals surface area contributed by atoms with Crippen molar-refractivity contribution in [3.8, 4) is 22.1 Å². The molecule has 1 N–H and O–H groups in total. The molecule has 0 aliphatic rings. The summed E-state index contributed by atoms with van der Waals surface area (Å²) >= 11 is 1.26. The molecule has 0 spiro atoms. The lowest BCUT2D eigenvalue weighted by Crippen LogP contribution is -2.12. The van der Waals surface area contributed by atoms with Gasteiger partial charge in [0.2, 0.25) is 0 Å². The predicted molar refractivity (Wildman–Crippen MR) is 119 cm³/mol. The zero-order valence-corrected chi connectivity index (χ0v) is 18.1. The van der Waals surface area contributed by atoms with Crippen LogP contribution in [0.25, 0.3) is 10.6 Å². The molecule has 0 atom stereocenters. The Labute approximate surface area is 191 Å². The molecule has 1 amide bonds. The van der Waals surface area contributed by atoms with Gasteiger partial charge in [0.1, 0.15) is 34.8 Å². The lowest BCUT2D eigenvalue weighted by molar-refractivity contribution is 0.102. The van der Waals surface area contributed by atoms with Crippen molar-refractivity contribution in [3.63, 3.8) is 0 Å². The number of aromatic nitrogens is 1. The third-order valence-corrected chi connectivity index (χ3v) is 5.53. The number of hydrogen-bond acceptors (Lipinski definition) is 5. The maximum absolute atomic E-state index is 13.8. The number of hydrogen-bond donors (Lipinski definition) is 1. The monoisotopic (exact) mass is 470 g/mol. The molecule has 33 heavy (non-hydrogen) atoms. The number of rotatable bonds is 7. The number of ether oxygens (including phenoxy) is 2. The molecule has 0 aliphatic heterocycles. The van der Waals surface area contributed by atoms with Crippen LogP contribution in [-0.2, 0) is 6.61 Å².